The minimum Gasteiger partial charge on any atom is -0.477 e. The zero-order valence-electron chi connectivity index (χ0n) is 20.8. The predicted octanol–water partition coefficient (Wildman–Crippen LogP) is 6.15. The van der Waals surface area contributed by atoms with Crippen molar-refractivity contribution in [2.45, 2.75) is 83.3 Å². The molecule has 0 radical (unpaired) electrons. The summed E-state index contributed by atoms with van der Waals surface area (Å²) in [5.74, 6) is 7.15. The fourth-order valence-corrected chi connectivity index (χ4v) is 6.23. The molecule has 36 heavy (non-hydrogen) atoms. The molecule has 3 aliphatic rings. The van der Waals surface area contributed by atoms with Crippen molar-refractivity contribution in [2.24, 2.45) is 17.8 Å². The van der Waals surface area contributed by atoms with Gasteiger partial charge in [-0.2, -0.15) is 0 Å². The topological polar surface area (TPSA) is 79.7 Å². The van der Waals surface area contributed by atoms with Crippen molar-refractivity contribution in [3.63, 3.8) is 0 Å². The van der Waals surface area contributed by atoms with Gasteiger partial charge in [0.15, 0.2) is 0 Å². The van der Waals surface area contributed by atoms with Gasteiger partial charge in [-0.15, -0.1) is 11.3 Å². The van der Waals surface area contributed by atoms with Crippen LogP contribution >= 0.6 is 11.3 Å². The summed E-state index contributed by atoms with van der Waals surface area (Å²) < 4.78 is 6.08. The van der Waals surface area contributed by atoms with Crippen molar-refractivity contribution >= 4 is 28.9 Å². The van der Waals surface area contributed by atoms with Crippen LogP contribution in [0, 0.1) is 29.6 Å². The lowest BCUT2D eigenvalue weighted by molar-refractivity contribution is -0.124. The lowest BCUT2D eigenvalue weighted by Crippen LogP contribution is -2.47. The van der Waals surface area contributed by atoms with E-state index in [1.54, 1.807) is 6.20 Å². The molecule has 0 aliphatic heterocycles. The van der Waals surface area contributed by atoms with Crippen molar-refractivity contribution in [1.29, 1.82) is 0 Å². The van der Waals surface area contributed by atoms with Gasteiger partial charge in [-0.05, 0) is 82.3 Å². The maximum atomic E-state index is 14.0. The maximum Gasteiger partial charge on any atom is 0.348 e. The highest BCUT2D eigenvalue weighted by atomic mass is 32.1. The number of pyridine rings is 1. The number of carboxylic acid groups (broad SMARTS) is 1. The zero-order chi connectivity index (χ0) is 25.1. The number of aromatic nitrogens is 1. The largest absolute Gasteiger partial charge is 0.477 e. The smallest absolute Gasteiger partial charge is 0.348 e. The minimum absolute atomic E-state index is 0.0441. The molecule has 0 unspecified atom stereocenters. The lowest BCUT2D eigenvalue weighted by atomic mass is 9.81. The van der Waals surface area contributed by atoms with Crippen molar-refractivity contribution < 1.29 is 19.4 Å². The first kappa shape index (κ1) is 24.8. The number of carboxylic acids is 1. The molecule has 5 rings (SSSR count). The van der Waals surface area contributed by atoms with Gasteiger partial charge in [-0.1, -0.05) is 24.8 Å². The fraction of sp³-hybridized carbons (Fsp3) is 0.552. The summed E-state index contributed by atoms with van der Waals surface area (Å²) >= 11 is 1.20. The molecule has 2 heterocycles. The van der Waals surface area contributed by atoms with Crippen molar-refractivity contribution in [3.05, 3.63) is 40.2 Å². The van der Waals surface area contributed by atoms with E-state index in [0.29, 0.717) is 23.4 Å². The number of carbonyl (C=O) groups excluding carboxylic acids is 1. The summed E-state index contributed by atoms with van der Waals surface area (Å²) in [6, 6.07) is 7.44. The van der Waals surface area contributed by atoms with E-state index in [1.165, 1.54) is 11.3 Å². The van der Waals surface area contributed by atoms with Gasteiger partial charge in [0.2, 0.25) is 11.8 Å². The summed E-state index contributed by atoms with van der Waals surface area (Å²) in [5, 5.41) is 10.0. The third-order valence-electron chi connectivity index (χ3n) is 7.68. The van der Waals surface area contributed by atoms with Crippen LogP contribution in [0.4, 0.5) is 5.69 Å². The molecule has 3 aliphatic carbocycles. The number of hydrogen-bond acceptors (Lipinski definition) is 5. The first-order valence-electron chi connectivity index (χ1n) is 13.3. The highest BCUT2D eigenvalue weighted by Crippen LogP contribution is 2.39. The molecule has 3 saturated carbocycles. The Morgan fingerprint density at radius 2 is 1.81 bits per heavy atom. The van der Waals surface area contributed by atoms with Crippen LogP contribution < -0.4 is 9.64 Å². The molecule has 0 saturated heterocycles. The second-order valence-electron chi connectivity index (χ2n) is 10.6. The summed E-state index contributed by atoms with van der Waals surface area (Å²) in [5.41, 5.74) is 0.533. The highest BCUT2D eigenvalue weighted by molar-refractivity contribution is 7.15. The second-order valence-corrected chi connectivity index (χ2v) is 11.6. The van der Waals surface area contributed by atoms with E-state index >= 15 is 0 Å². The van der Waals surface area contributed by atoms with Crippen LogP contribution in [0.5, 0.6) is 5.88 Å². The summed E-state index contributed by atoms with van der Waals surface area (Å²) in [6.45, 7) is 2.24. The van der Waals surface area contributed by atoms with E-state index in [0.717, 1.165) is 69.1 Å². The van der Waals surface area contributed by atoms with Gasteiger partial charge in [-0.25, -0.2) is 9.78 Å². The van der Waals surface area contributed by atoms with Gasteiger partial charge in [0.05, 0.1) is 10.6 Å². The molecule has 0 bridgehead atoms. The Labute approximate surface area is 217 Å². The number of amides is 1. The molecule has 7 heteroatoms. The highest BCUT2D eigenvalue weighted by Gasteiger charge is 2.38. The molecule has 6 nitrogen and oxygen atoms in total. The molecule has 3 fully saturated rings. The quantitative estimate of drug-likeness (QED) is 0.475. The normalized spacial score (nSPS) is 25.9. The molecular formula is C29H34N2O4S. The van der Waals surface area contributed by atoms with Crippen molar-refractivity contribution in [3.8, 4) is 17.7 Å². The van der Waals surface area contributed by atoms with E-state index in [-0.39, 0.29) is 28.8 Å². The van der Waals surface area contributed by atoms with Crippen molar-refractivity contribution in [1.82, 2.24) is 4.98 Å². The summed E-state index contributed by atoms with van der Waals surface area (Å²) in [6.07, 6.45) is 11.0. The van der Waals surface area contributed by atoms with Gasteiger partial charge in [0, 0.05) is 30.1 Å². The number of aromatic carboxylic acids is 1. The number of hydrogen-bond donors (Lipinski definition) is 1. The number of nitrogens with zero attached hydrogens (tertiary/aromatic N) is 2. The zero-order valence-corrected chi connectivity index (χ0v) is 21.6. The van der Waals surface area contributed by atoms with Crippen LogP contribution in [0.3, 0.4) is 0 Å². The molecule has 2 aromatic heterocycles. The molecule has 0 atom stereocenters. The van der Waals surface area contributed by atoms with Crippen LogP contribution in [-0.4, -0.2) is 34.1 Å². The van der Waals surface area contributed by atoms with E-state index in [1.807, 2.05) is 29.2 Å². The van der Waals surface area contributed by atoms with Gasteiger partial charge in [0.25, 0.3) is 0 Å². The standard InChI is InChI=1S/C29H34N2O4S/c1-19-5-10-21(11-6-19)28(32)31(22-12-14-23(15-13-22)35-26-4-2-3-17-30-26)25-18-24(16-9-20-7-8-20)36-27(25)29(33)34/h2-4,17-23H,5-8,10-15H2,1H3,(H,33,34)/t19-,21-,22-,23-. The predicted molar refractivity (Wildman–Crippen MR) is 140 cm³/mol. The van der Waals surface area contributed by atoms with Gasteiger partial charge in [-0.3, -0.25) is 4.79 Å². The average Bonchev–Trinajstić information content (AvgIpc) is 3.63. The molecule has 1 amide bonds. The molecular weight excluding hydrogens is 472 g/mol. The third kappa shape index (κ3) is 5.92. The summed E-state index contributed by atoms with van der Waals surface area (Å²) in [4.78, 5) is 33.3. The van der Waals surface area contributed by atoms with Crippen LogP contribution in [0.15, 0.2) is 30.5 Å². The first-order valence-corrected chi connectivity index (χ1v) is 14.1. The Bertz CT molecular complexity index is 1130. The van der Waals surface area contributed by atoms with E-state index < -0.39 is 5.97 Å². The first-order chi connectivity index (χ1) is 17.5. The Hall–Kier alpha value is -2.85. The number of carbonyl (C=O) groups is 2. The summed E-state index contributed by atoms with van der Waals surface area (Å²) in [7, 11) is 0. The SMILES string of the molecule is C[C@H]1CC[C@H](C(=O)N(c2cc(C#CC3CC3)sc2C(=O)O)[C@H]2CC[C@H](Oc3ccccn3)CC2)CC1. The minimum atomic E-state index is -0.989. The molecule has 1 N–H and O–H groups in total. The number of anilines is 1. The fourth-order valence-electron chi connectivity index (χ4n) is 5.38. The van der Waals surface area contributed by atoms with Crippen LogP contribution in [0.25, 0.3) is 0 Å². The Morgan fingerprint density at radius 3 is 2.44 bits per heavy atom. The Balaban J connectivity index is 1.39. The second kappa shape index (κ2) is 11.0. The maximum absolute atomic E-state index is 14.0. The van der Waals surface area contributed by atoms with Crippen LogP contribution in [-0.2, 0) is 4.79 Å². The number of ether oxygens (including phenoxy) is 1. The van der Waals surface area contributed by atoms with Gasteiger partial charge < -0.3 is 14.7 Å². The molecule has 0 spiro atoms. The van der Waals surface area contributed by atoms with E-state index in [2.05, 4.69) is 23.7 Å². The monoisotopic (exact) mass is 506 g/mol. The third-order valence-corrected chi connectivity index (χ3v) is 8.71. The Kier molecular flexibility index (Phi) is 7.62. The van der Waals surface area contributed by atoms with E-state index in [9.17, 15) is 14.7 Å². The van der Waals surface area contributed by atoms with Gasteiger partial charge >= 0.3 is 5.97 Å². The van der Waals surface area contributed by atoms with E-state index in [4.69, 9.17) is 4.74 Å². The average molecular weight is 507 g/mol. The van der Waals surface area contributed by atoms with Crippen LogP contribution in [0.2, 0.25) is 0 Å². The Morgan fingerprint density at radius 1 is 1.06 bits per heavy atom. The number of rotatable bonds is 6. The van der Waals surface area contributed by atoms with Crippen LogP contribution in [0.1, 0.15) is 85.7 Å². The molecule has 2 aromatic rings. The lowest BCUT2D eigenvalue weighted by Gasteiger charge is -2.39. The van der Waals surface area contributed by atoms with Crippen molar-refractivity contribution in [2.75, 3.05) is 4.90 Å². The molecule has 0 aromatic carbocycles. The van der Waals surface area contributed by atoms with Gasteiger partial charge in [0.1, 0.15) is 11.0 Å². The number of thiophene rings is 1. The molecule has 190 valence electrons.